The van der Waals surface area contributed by atoms with Crippen molar-refractivity contribution in [2.24, 2.45) is 5.11 Å². The maximum Gasteiger partial charge on any atom is 0.292 e. The van der Waals surface area contributed by atoms with Crippen molar-refractivity contribution in [3.8, 4) is 0 Å². The van der Waals surface area contributed by atoms with Gasteiger partial charge < -0.3 is 35.2 Å². The van der Waals surface area contributed by atoms with Crippen LogP contribution in [0.25, 0.3) is 10.4 Å². The first-order chi connectivity index (χ1) is 15.3. The number of β-amino-alcohol motifs (C(OH)–C–C–N with tert-alkyl or cyclic N) is 1. The Balaban J connectivity index is 1.51. The summed E-state index contributed by atoms with van der Waals surface area (Å²) < 4.78 is 11.6. The zero-order chi connectivity index (χ0) is 23.3. The molecule has 1 aromatic carbocycles. The van der Waals surface area contributed by atoms with Crippen molar-refractivity contribution in [1.29, 1.82) is 0 Å². The summed E-state index contributed by atoms with van der Waals surface area (Å²) in [6.45, 7) is 0.604. The maximum absolute atomic E-state index is 11.3. The number of azide groups is 1. The van der Waals surface area contributed by atoms with Crippen molar-refractivity contribution in [2.75, 3.05) is 44.8 Å². The van der Waals surface area contributed by atoms with Gasteiger partial charge in [-0.25, -0.2) is 0 Å². The number of benzene rings is 1. The van der Waals surface area contributed by atoms with Gasteiger partial charge in [-0.15, -0.1) is 0 Å². The van der Waals surface area contributed by atoms with Gasteiger partial charge in [-0.3, -0.25) is 15.0 Å². The van der Waals surface area contributed by atoms with E-state index in [1.54, 1.807) is 4.90 Å². The van der Waals surface area contributed by atoms with Crippen LogP contribution in [0.15, 0.2) is 23.3 Å². The predicted octanol–water partition coefficient (Wildman–Crippen LogP) is -0.508. The minimum Gasteiger partial charge on any atom is -0.395 e. The number of nitrogens with zero attached hydrogens (tertiary/aromatic N) is 5. The zero-order valence-electron chi connectivity index (χ0n) is 17.1. The van der Waals surface area contributed by atoms with Crippen molar-refractivity contribution in [3.63, 3.8) is 0 Å². The van der Waals surface area contributed by atoms with Crippen molar-refractivity contribution in [1.82, 2.24) is 4.90 Å². The Morgan fingerprint density at radius 2 is 1.97 bits per heavy atom. The molecule has 5 N–H and O–H groups in total. The molecule has 0 amide bonds. The van der Waals surface area contributed by atoms with Crippen LogP contribution in [0.1, 0.15) is 0 Å². The Hall–Kier alpha value is -2.55. The predicted molar refractivity (Wildman–Crippen MR) is 110 cm³/mol. The highest BCUT2D eigenvalue weighted by Crippen LogP contribution is 2.29. The molecule has 2 unspecified atom stereocenters. The number of piperidine rings is 1. The van der Waals surface area contributed by atoms with E-state index >= 15 is 0 Å². The quantitative estimate of drug-likeness (QED) is 0.112. The Kier molecular flexibility index (Phi) is 8.17. The molecule has 0 aromatic heterocycles. The second kappa shape index (κ2) is 10.8. The fourth-order valence-electron chi connectivity index (χ4n) is 3.81. The minimum absolute atomic E-state index is 0.0732. The Morgan fingerprint density at radius 1 is 1.25 bits per heavy atom. The number of nitro benzene ring substituents is 1. The summed E-state index contributed by atoms with van der Waals surface area (Å²) in [6, 6.07) is 3.35. The van der Waals surface area contributed by atoms with Gasteiger partial charge in [0.25, 0.3) is 5.69 Å². The van der Waals surface area contributed by atoms with Crippen molar-refractivity contribution in [3.05, 3.63) is 38.8 Å². The Morgan fingerprint density at radius 3 is 2.59 bits per heavy atom. The van der Waals surface area contributed by atoms with Gasteiger partial charge in [-0.1, -0.05) is 11.2 Å². The van der Waals surface area contributed by atoms with Crippen molar-refractivity contribution < 1.29 is 34.8 Å². The number of aliphatic hydroxyl groups is 4. The molecule has 2 fully saturated rings. The van der Waals surface area contributed by atoms with Crippen LogP contribution in [0, 0.1) is 10.1 Å². The van der Waals surface area contributed by atoms with E-state index in [1.807, 2.05) is 0 Å². The third-order valence-corrected chi connectivity index (χ3v) is 5.55. The Labute approximate surface area is 182 Å². The lowest BCUT2D eigenvalue weighted by molar-refractivity contribution is -0.383. The van der Waals surface area contributed by atoms with Crippen LogP contribution in [0.5, 0.6) is 0 Å². The highest BCUT2D eigenvalue weighted by molar-refractivity contribution is 5.66. The van der Waals surface area contributed by atoms with Crippen LogP contribution in [-0.4, -0.2) is 106 Å². The molecule has 2 aliphatic rings. The molecular formula is C18H26N6O8. The van der Waals surface area contributed by atoms with Crippen LogP contribution in [0.2, 0.25) is 0 Å². The molecule has 0 spiro atoms. The molecule has 0 radical (unpaired) electrons. The number of ether oxygens (including phenoxy) is 2. The van der Waals surface area contributed by atoms with E-state index in [4.69, 9.17) is 15.0 Å². The number of aliphatic hydroxyl groups excluding tert-OH is 4. The maximum atomic E-state index is 11.3. The fourth-order valence-corrected chi connectivity index (χ4v) is 3.81. The van der Waals surface area contributed by atoms with Gasteiger partial charge in [0.15, 0.2) is 0 Å². The van der Waals surface area contributed by atoms with Crippen LogP contribution < -0.4 is 5.32 Å². The molecule has 14 heteroatoms. The van der Waals surface area contributed by atoms with Crippen LogP contribution >= 0.6 is 0 Å². The van der Waals surface area contributed by atoms with E-state index in [0.29, 0.717) is 0 Å². The summed E-state index contributed by atoms with van der Waals surface area (Å²) >= 11 is 0. The van der Waals surface area contributed by atoms with Gasteiger partial charge in [0.2, 0.25) is 0 Å². The molecule has 6 atom stereocenters. The van der Waals surface area contributed by atoms with Crippen molar-refractivity contribution in [2.45, 2.75) is 36.6 Å². The summed E-state index contributed by atoms with van der Waals surface area (Å²) in [4.78, 5) is 15.0. The number of nitrogens with one attached hydrogen (secondary N) is 1. The van der Waals surface area contributed by atoms with E-state index in [0.717, 1.165) is 0 Å². The number of likely N-dealkylation sites (tertiary alicyclic amines) is 1. The van der Waals surface area contributed by atoms with E-state index in [-0.39, 0.29) is 68.7 Å². The SMILES string of the molecule is [N-]=[N+]=Nc1ccc(NCC2COC(CN3C[C@H](O)[C@@H](O)[C@H](O)[C@H]3CO)CO2)c([N+](=O)[O-])c1. The molecule has 0 aliphatic carbocycles. The molecule has 0 saturated carbocycles. The molecular weight excluding hydrogens is 428 g/mol. The van der Waals surface area contributed by atoms with Gasteiger partial charge in [-0.05, 0) is 11.6 Å². The molecule has 32 heavy (non-hydrogen) atoms. The lowest BCUT2D eigenvalue weighted by Crippen LogP contribution is -2.64. The van der Waals surface area contributed by atoms with Crippen LogP contribution in [0.3, 0.4) is 0 Å². The number of anilines is 1. The third-order valence-electron chi connectivity index (χ3n) is 5.55. The lowest BCUT2D eigenvalue weighted by Gasteiger charge is -2.44. The largest absolute Gasteiger partial charge is 0.395 e. The van der Waals surface area contributed by atoms with Crippen LogP contribution in [0.4, 0.5) is 17.1 Å². The average molecular weight is 454 g/mol. The molecule has 2 heterocycles. The van der Waals surface area contributed by atoms with Gasteiger partial charge in [-0.2, -0.15) is 0 Å². The molecule has 2 saturated heterocycles. The molecule has 1 aromatic rings. The molecule has 14 nitrogen and oxygen atoms in total. The van der Waals surface area contributed by atoms with Gasteiger partial charge in [0, 0.05) is 36.3 Å². The first-order valence-corrected chi connectivity index (χ1v) is 10.0. The summed E-state index contributed by atoms with van der Waals surface area (Å²) in [5.74, 6) is 0. The monoisotopic (exact) mass is 454 g/mol. The summed E-state index contributed by atoms with van der Waals surface area (Å²) in [5.41, 5.74) is 8.62. The second-order valence-electron chi connectivity index (χ2n) is 7.69. The third kappa shape index (κ3) is 5.62. The highest BCUT2D eigenvalue weighted by atomic mass is 16.6. The van der Waals surface area contributed by atoms with E-state index in [2.05, 4.69) is 15.3 Å². The Bertz CT molecular complexity index is 845. The number of nitro groups is 1. The summed E-state index contributed by atoms with van der Waals surface area (Å²) in [7, 11) is 0. The van der Waals surface area contributed by atoms with E-state index in [1.165, 1.54) is 18.2 Å². The molecule has 0 bridgehead atoms. The average Bonchev–Trinajstić information content (AvgIpc) is 2.78. The highest BCUT2D eigenvalue weighted by Gasteiger charge is 2.42. The van der Waals surface area contributed by atoms with Crippen LogP contribution in [-0.2, 0) is 9.47 Å². The molecule has 3 rings (SSSR count). The lowest BCUT2D eigenvalue weighted by atomic mass is 9.94. The number of hydrogen-bond acceptors (Lipinski definition) is 11. The number of hydrogen-bond donors (Lipinski definition) is 5. The first kappa shape index (κ1) is 24.1. The van der Waals surface area contributed by atoms with Gasteiger partial charge in [0.05, 0.1) is 49.1 Å². The second-order valence-corrected chi connectivity index (χ2v) is 7.69. The first-order valence-electron chi connectivity index (χ1n) is 10.0. The topological polar surface area (TPSA) is 207 Å². The standard InChI is InChI=1S/C18H26N6O8/c19-22-21-10-1-2-13(14(3-10)24(29)30)20-4-11-8-32-12(9-31-11)5-23-6-16(26)18(28)17(27)15(23)7-25/h1-3,11-12,15-18,20,25-28H,4-9H2/t11?,12?,15-,16+,17-,18-/m1/s1. The number of rotatable bonds is 8. The summed E-state index contributed by atoms with van der Waals surface area (Å²) in [6.07, 6.45) is -4.52. The van der Waals surface area contributed by atoms with E-state index < -0.39 is 29.3 Å². The van der Waals surface area contributed by atoms with Crippen molar-refractivity contribution >= 4 is 17.1 Å². The van der Waals surface area contributed by atoms with Gasteiger partial charge in [0.1, 0.15) is 17.9 Å². The summed E-state index contributed by atoms with van der Waals surface area (Å²) in [5, 5.41) is 56.9. The normalized spacial score (nSPS) is 31.0. The zero-order valence-corrected chi connectivity index (χ0v) is 17.1. The molecule has 2 aliphatic heterocycles. The smallest absolute Gasteiger partial charge is 0.292 e. The van der Waals surface area contributed by atoms with Gasteiger partial charge >= 0.3 is 0 Å². The fraction of sp³-hybridized carbons (Fsp3) is 0.667. The minimum atomic E-state index is -1.33. The molecule has 176 valence electrons. The van der Waals surface area contributed by atoms with E-state index in [9.17, 15) is 30.5 Å².